The van der Waals surface area contributed by atoms with Crippen LogP contribution in [0.25, 0.3) is 5.57 Å². The van der Waals surface area contributed by atoms with E-state index in [0.29, 0.717) is 6.61 Å². The maximum absolute atomic E-state index is 12.0. The third-order valence-electron chi connectivity index (χ3n) is 3.56. The van der Waals surface area contributed by atoms with Gasteiger partial charge < -0.3 is 9.47 Å². The number of benzene rings is 2. The molecule has 1 unspecified atom stereocenters. The van der Waals surface area contributed by atoms with Crippen LogP contribution in [0.1, 0.15) is 25.0 Å². The number of esters is 1. The van der Waals surface area contributed by atoms with Crippen molar-refractivity contribution < 1.29 is 14.3 Å². The van der Waals surface area contributed by atoms with Crippen molar-refractivity contribution in [2.75, 3.05) is 13.7 Å². The van der Waals surface area contributed by atoms with E-state index >= 15 is 0 Å². The molecule has 0 bridgehead atoms. The Hall–Kier alpha value is -2.55. The van der Waals surface area contributed by atoms with Crippen molar-refractivity contribution in [2.24, 2.45) is 5.92 Å². The van der Waals surface area contributed by atoms with Gasteiger partial charge in [0.2, 0.25) is 0 Å². The molecular weight excluding hydrogens is 288 g/mol. The van der Waals surface area contributed by atoms with Crippen molar-refractivity contribution in [1.82, 2.24) is 0 Å². The summed E-state index contributed by atoms with van der Waals surface area (Å²) < 4.78 is 10.3. The van der Waals surface area contributed by atoms with Crippen molar-refractivity contribution in [3.05, 3.63) is 71.8 Å². The summed E-state index contributed by atoms with van der Waals surface area (Å²) in [4.78, 5) is 12.0. The molecule has 0 fully saturated rings. The van der Waals surface area contributed by atoms with Crippen LogP contribution in [0, 0.1) is 5.92 Å². The first-order chi connectivity index (χ1) is 11.2. The number of carbonyl (C=O) groups excluding carboxylic acids is 1. The van der Waals surface area contributed by atoms with E-state index in [4.69, 9.17) is 9.47 Å². The first-order valence-corrected chi connectivity index (χ1v) is 7.74. The summed E-state index contributed by atoms with van der Waals surface area (Å²) >= 11 is 0. The normalized spacial score (nSPS) is 12.6. The molecule has 0 radical (unpaired) electrons. The zero-order valence-electron chi connectivity index (χ0n) is 13.8. The molecule has 3 heteroatoms. The highest BCUT2D eigenvalue weighted by atomic mass is 16.5. The van der Waals surface area contributed by atoms with Gasteiger partial charge in [-0.1, -0.05) is 48.5 Å². The zero-order valence-corrected chi connectivity index (χ0v) is 13.8. The fourth-order valence-electron chi connectivity index (χ4n) is 2.34. The van der Waals surface area contributed by atoms with Crippen LogP contribution in [-0.2, 0) is 9.53 Å². The van der Waals surface area contributed by atoms with Crippen LogP contribution in [0.3, 0.4) is 0 Å². The lowest BCUT2D eigenvalue weighted by Crippen LogP contribution is -2.13. The van der Waals surface area contributed by atoms with Crippen LogP contribution in [0.5, 0.6) is 5.75 Å². The van der Waals surface area contributed by atoms with Gasteiger partial charge in [0.25, 0.3) is 0 Å². The van der Waals surface area contributed by atoms with E-state index < -0.39 is 0 Å². The second kappa shape index (κ2) is 8.18. The van der Waals surface area contributed by atoms with Crippen LogP contribution >= 0.6 is 0 Å². The zero-order chi connectivity index (χ0) is 16.7. The SMILES string of the molecule is CCOC(=O)C(C)/C=C(\c1ccccc1)c1ccc(OC)cc1. The Balaban J connectivity index is 2.41. The molecule has 120 valence electrons. The van der Waals surface area contributed by atoms with Crippen molar-refractivity contribution in [2.45, 2.75) is 13.8 Å². The maximum Gasteiger partial charge on any atom is 0.312 e. The molecule has 0 N–H and O–H groups in total. The second-order valence-corrected chi connectivity index (χ2v) is 5.22. The van der Waals surface area contributed by atoms with E-state index in [-0.39, 0.29) is 11.9 Å². The van der Waals surface area contributed by atoms with Crippen molar-refractivity contribution in [3.8, 4) is 5.75 Å². The summed E-state index contributed by atoms with van der Waals surface area (Å²) in [5.74, 6) is 0.279. The van der Waals surface area contributed by atoms with Gasteiger partial charge in [0.1, 0.15) is 5.75 Å². The molecule has 0 aromatic heterocycles. The Morgan fingerprint density at radius 2 is 1.65 bits per heavy atom. The summed E-state index contributed by atoms with van der Waals surface area (Å²) in [6.07, 6.45) is 1.95. The minimum Gasteiger partial charge on any atom is -0.497 e. The molecule has 2 aromatic rings. The van der Waals surface area contributed by atoms with Crippen molar-refractivity contribution in [3.63, 3.8) is 0 Å². The molecule has 0 spiro atoms. The first kappa shape index (κ1) is 16.8. The molecule has 0 saturated heterocycles. The van der Waals surface area contributed by atoms with Crippen molar-refractivity contribution >= 4 is 11.5 Å². The third kappa shape index (κ3) is 4.46. The van der Waals surface area contributed by atoms with Crippen molar-refractivity contribution in [1.29, 1.82) is 0 Å². The number of rotatable bonds is 6. The van der Waals surface area contributed by atoms with Gasteiger partial charge >= 0.3 is 5.97 Å². The Bertz CT molecular complexity index is 657. The maximum atomic E-state index is 12.0. The lowest BCUT2D eigenvalue weighted by molar-refractivity contribution is -0.145. The highest BCUT2D eigenvalue weighted by molar-refractivity contribution is 5.84. The Labute approximate surface area is 137 Å². The number of methoxy groups -OCH3 is 1. The van der Waals surface area contributed by atoms with E-state index in [1.165, 1.54) is 0 Å². The smallest absolute Gasteiger partial charge is 0.312 e. The van der Waals surface area contributed by atoms with E-state index in [2.05, 4.69) is 0 Å². The Morgan fingerprint density at radius 3 is 2.22 bits per heavy atom. The quantitative estimate of drug-likeness (QED) is 0.745. The van der Waals surface area contributed by atoms with E-state index in [1.54, 1.807) is 7.11 Å². The van der Waals surface area contributed by atoms with Gasteiger partial charge in [-0.3, -0.25) is 4.79 Å². The molecule has 0 aliphatic heterocycles. The fraction of sp³-hybridized carbons (Fsp3) is 0.250. The molecule has 3 nitrogen and oxygen atoms in total. The van der Waals surface area contributed by atoms with Gasteiger partial charge in [0.15, 0.2) is 0 Å². The van der Waals surface area contributed by atoms with Crippen LogP contribution in [0.15, 0.2) is 60.7 Å². The molecule has 23 heavy (non-hydrogen) atoms. The number of hydrogen-bond acceptors (Lipinski definition) is 3. The highest BCUT2D eigenvalue weighted by Crippen LogP contribution is 2.27. The predicted octanol–water partition coefficient (Wildman–Crippen LogP) is 4.33. The van der Waals surface area contributed by atoms with Gasteiger partial charge in [-0.15, -0.1) is 0 Å². The van der Waals surface area contributed by atoms with Gasteiger partial charge in [-0.25, -0.2) is 0 Å². The molecular formula is C20H22O3. The average molecular weight is 310 g/mol. The minimum absolute atomic E-state index is 0.213. The van der Waals surface area contributed by atoms with Gasteiger partial charge in [0, 0.05) is 0 Å². The summed E-state index contributed by atoms with van der Waals surface area (Å²) in [6.45, 7) is 4.06. The third-order valence-corrected chi connectivity index (χ3v) is 3.56. The van der Waals surface area contributed by atoms with E-state index in [9.17, 15) is 4.79 Å². The fourth-order valence-corrected chi connectivity index (χ4v) is 2.34. The summed E-state index contributed by atoms with van der Waals surface area (Å²) in [7, 11) is 1.64. The van der Waals surface area contributed by atoms with Crippen LogP contribution in [-0.4, -0.2) is 19.7 Å². The topological polar surface area (TPSA) is 35.5 Å². The second-order valence-electron chi connectivity index (χ2n) is 5.22. The monoisotopic (exact) mass is 310 g/mol. The first-order valence-electron chi connectivity index (χ1n) is 7.74. The van der Waals surface area contributed by atoms with Gasteiger partial charge in [-0.05, 0) is 42.7 Å². The summed E-state index contributed by atoms with van der Waals surface area (Å²) in [5.41, 5.74) is 3.11. The molecule has 0 saturated carbocycles. The van der Waals surface area contributed by atoms with Crippen LogP contribution < -0.4 is 4.74 Å². The summed E-state index contributed by atoms with van der Waals surface area (Å²) in [5, 5.41) is 0. The van der Waals surface area contributed by atoms with E-state index in [0.717, 1.165) is 22.4 Å². The molecule has 2 rings (SSSR count). The molecule has 2 aromatic carbocycles. The molecule has 0 amide bonds. The Morgan fingerprint density at radius 1 is 1.04 bits per heavy atom. The van der Waals surface area contributed by atoms with Crippen LogP contribution in [0.2, 0.25) is 0 Å². The van der Waals surface area contributed by atoms with Gasteiger partial charge in [0.05, 0.1) is 19.6 Å². The number of ether oxygens (including phenoxy) is 2. The number of carbonyl (C=O) groups is 1. The largest absolute Gasteiger partial charge is 0.497 e. The predicted molar refractivity (Wildman–Crippen MR) is 92.3 cm³/mol. The number of hydrogen-bond donors (Lipinski definition) is 0. The highest BCUT2D eigenvalue weighted by Gasteiger charge is 2.14. The summed E-state index contributed by atoms with van der Waals surface area (Å²) in [6, 6.07) is 17.8. The molecule has 0 heterocycles. The minimum atomic E-state index is -0.313. The lowest BCUT2D eigenvalue weighted by Gasteiger charge is -2.13. The molecule has 0 aliphatic rings. The molecule has 0 aliphatic carbocycles. The lowest BCUT2D eigenvalue weighted by atomic mass is 9.94. The molecule has 1 atom stereocenters. The van der Waals surface area contributed by atoms with E-state index in [1.807, 2.05) is 74.5 Å². The average Bonchev–Trinajstić information content (AvgIpc) is 2.60. The van der Waals surface area contributed by atoms with Gasteiger partial charge in [-0.2, -0.15) is 0 Å². The Kier molecular flexibility index (Phi) is 5.98. The standard InChI is InChI=1S/C20H22O3/c1-4-23-20(21)15(2)14-19(16-8-6-5-7-9-16)17-10-12-18(22-3)13-11-17/h5-15H,4H2,1-3H3/b19-14+. The van der Waals surface area contributed by atoms with Crippen LogP contribution in [0.4, 0.5) is 0 Å².